The van der Waals surface area contributed by atoms with E-state index < -0.39 is 0 Å². The van der Waals surface area contributed by atoms with Crippen LogP contribution >= 0.6 is 15.9 Å². The predicted molar refractivity (Wildman–Crippen MR) is 65.5 cm³/mol. The molecular weight excluding hydrogens is 272 g/mol. The summed E-state index contributed by atoms with van der Waals surface area (Å²) in [5, 5.41) is 4.35. The van der Waals surface area contributed by atoms with Crippen molar-refractivity contribution in [1.82, 2.24) is 9.78 Å². The number of hydrogen-bond donors (Lipinski definition) is 0. The highest BCUT2D eigenvalue weighted by atomic mass is 79.9. The Morgan fingerprint density at radius 1 is 1.56 bits per heavy atom. The first kappa shape index (κ1) is 13.4. The third-order valence-corrected chi connectivity index (χ3v) is 3.37. The number of aryl methyl sites for hydroxylation is 2. The number of ether oxygens (including phenoxy) is 1. The number of aromatic nitrogens is 2. The number of Topliss-reactive ketones (excluding diaryl/α,β-unsaturated/α-hetero) is 1. The van der Waals surface area contributed by atoms with Crippen molar-refractivity contribution in [2.75, 3.05) is 13.7 Å². The number of halogens is 1. The van der Waals surface area contributed by atoms with Crippen molar-refractivity contribution in [2.45, 2.75) is 26.2 Å². The zero-order valence-electron chi connectivity index (χ0n) is 9.92. The van der Waals surface area contributed by atoms with Crippen LogP contribution in [0.2, 0.25) is 0 Å². The van der Waals surface area contributed by atoms with Crippen LogP contribution in [-0.4, -0.2) is 29.3 Å². The van der Waals surface area contributed by atoms with Crippen LogP contribution in [0.15, 0.2) is 4.47 Å². The summed E-state index contributed by atoms with van der Waals surface area (Å²) in [6.45, 7) is 2.53. The first-order valence-corrected chi connectivity index (χ1v) is 6.10. The molecule has 0 aliphatic rings. The Balaban J connectivity index is 2.73. The fraction of sp³-hybridized carbons (Fsp3) is 0.636. The molecule has 0 N–H and O–H groups in total. The topological polar surface area (TPSA) is 44.1 Å². The Labute approximate surface area is 104 Å². The number of nitrogens with zero attached hydrogens (tertiary/aromatic N) is 2. The van der Waals surface area contributed by atoms with Gasteiger partial charge in [0.05, 0.1) is 22.5 Å². The van der Waals surface area contributed by atoms with Gasteiger partial charge in [0.25, 0.3) is 0 Å². The molecule has 0 aliphatic carbocycles. The van der Waals surface area contributed by atoms with E-state index in [-0.39, 0.29) is 5.78 Å². The second-order valence-corrected chi connectivity index (χ2v) is 4.44. The minimum atomic E-state index is 0.174. The largest absolute Gasteiger partial charge is 0.384 e. The molecule has 0 atom stereocenters. The lowest BCUT2D eigenvalue weighted by Crippen LogP contribution is -2.10. The van der Waals surface area contributed by atoms with Crippen LogP contribution in [0.25, 0.3) is 0 Å². The van der Waals surface area contributed by atoms with E-state index in [0.29, 0.717) is 19.4 Å². The zero-order valence-corrected chi connectivity index (χ0v) is 11.5. The molecule has 1 heterocycles. The fourth-order valence-electron chi connectivity index (χ4n) is 1.50. The van der Waals surface area contributed by atoms with E-state index in [2.05, 4.69) is 21.0 Å². The number of methoxy groups -OCH3 is 1. The van der Waals surface area contributed by atoms with Crippen molar-refractivity contribution < 1.29 is 9.53 Å². The second-order valence-electron chi connectivity index (χ2n) is 3.64. The van der Waals surface area contributed by atoms with Crippen LogP contribution in [0.5, 0.6) is 0 Å². The Morgan fingerprint density at radius 3 is 2.75 bits per heavy atom. The van der Waals surface area contributed by atoms with Gasteiger partial charge in [0.2, 0.25) is 0 Å². The molecule has 0 radical (unpaired) electrons. The highest BCUT2D eigenvalue weighted by molar-refractivity contribution is 9.10. The lowest BCUT2D eigenvalue weighted by Gasteiger charge is -2.02. The Hall–Kier alpha value is -0.680. The lowest BCUT2D eigenvalue weighted by atomic mass is 10.1. The standard InChI is InChI=1S/C11H17BrN2O2/c1-4-9-11(12)10(14(2)13-9)7-8(15)5-6-16-3/h4-7H2,1-3H3. The number of carbonyl (C=O) groups excluding carboxylic acids is 1. The quantitative estimate of drug-likeness (QED) is 0.803. The van der Waals surface area contributed by atoms with E-state index >= 15 is 0 Å². The van der Waals surface area contributed by atoms with E-state index in [9.17, 15) is 4.79 Å². The summed E-state index contributed by atoms with van der Waals surface area (Å²) in [5.41, 5.74) is 1.94. The van der Waals surface area contributed by atoms with Crippen molar-refractivity contribution in [3.63, 3.8) is 0 Å². The number of ketones is 1. The minimum Gasteiger partial charge on any atom is -0.384 e. The van der Waals surface area contributed by atoms with Gasteiger partial charge in [-0.1, -0.05) is 6.92 Å². The van der Waals surface area contributed by atoms with E-state index in [0.717, 1.165) is 22.3 Å². The van der Waals surface area contributed by atoms with E-state index in [1.807, 2.05) is 14.0 Å². The van der Waals surface area contributed by atoms with Crippen LogP contribution < -0.4 is 0 Å². The molecule has 0 spiro atoms. The summed E-state index contributed by atoms with van der Waals surface area (Å²) in [5.74, 6) is 0.174. The average molecular weight is 289 g/mol. The van der Waals surface area contributed by atoms with Gasteiger partial charge in [-0.25, -0.2) is 0 Å². The monoisotopic (exact) mass is 288 g/mol. The minimum absolute atomic E-state index is 0.174. The Morgan fingerprint density at radius 2 is 2.25 bits per heavy atom. The summed E-state index contributed by atoms with van der Waals surface area (Å²) in [6, 6.07) is 0. The predicted octanol–water partition coefficient (Wildman–Crippen LogP) is 1.89. The van der Waals surface area contributed by atoms with Crippen molar-refractivity contribution in [2.24, 2.45) is 7.05 Å². The van der Waals surface area contributed by atoms with Gasteiger partial charge >= 0.3 is 0 Å². The normalized spacial score (nSPS) is 10.8. The van der Waals surface area contributed by atoms with Gasteiger partial charge in [0, 0.05) is 27.0 Å². The molecule has 0 saturated heterocycles. The molecule has 5 heteroatoms. The molecule has 0 unspecified atom stereocenters. The van der Waals surface area contributed by atoms with Gasteiger partial charge in [-0.3, -0.25) is 9.48 Å². The van der Waals surface area contributed by atoms with Gasteiger partial charge in [-0.05, 0) is 22.4 Å². The number of rotatable bonds is 6. The molecular formula is C11H17BrN2O2. The zero-order chi connectivity index (χ0) is 12.1. The number of carbonyl (C=O) groups is 1. The maximum absolute atomic E-state index is 11.6. The van der Waals surface area contributed by atoms with Crippen molar-refractivity contribution in [1.29, 1.82) is 0 Å². The van der Waals surface area contributed by atoms with Crippen LogP contribution in [0, 0.1) is 0 Å². The van der Waals surface area contributed by atoms with Crippen LogP contribution in [0.3, 0.4) is 0 Å². The molecule has 1 aromatic rings. The second kappa shape index (κ2) is 6.15. The van der Waals surface area contributed by atoms with Gasteiger partial charge < -0.3 is 4.74 Å². The average Bonchev–Trinajstić information content (AvgIpc) is 2.53. The van der Waals surface area contributed by atoms with Crippen molar-refractivity contribution >= 4 is 21.7 Å². The third kappa shape index (κ3) is 3.15. The first-order chi connectivity index (χ1) is 7.60. The number of hydrogen-bond acceptors (Lipinski definition) is 3. The Bertz CT molecular complexity index is 374. The molecule has 4 nitrogen and oxygen atoms in total. The molecule has 1 rings (SSSR count). The van der Waals surface area contributed by atoms with Gasteiger partial charge in [-0.15, -0.1) is 0 Å². The van der Waals surface area contributed by atoms with Crippen molar-refractivity contribution in [3.05, 3.63) is 15.9 Å². The van der Waals surface area contributed by atoms with Gasteiger partial charge in [0.1, 0.15) is 5.78 Å². The van der Waals surface area contributed by atoms with Gasteiger partial charge in [-0.2, -0.15) is 5.10 Å². The fourth-order valence-corrected chi connectivity index (χ4v) is 2.26. The SMILES string of the molecule is CCc1nn(C)c(CC(=O)CCOC)c1Br. The van der Waals surface area contributed by atoms with Crippen molar-refractivity contribution in [3.8, 4) is 0 Å². The maximum Gasteiger partial charge on any atom is 0.141 e. The lowest BCUT2D eigenvalue weighted by molar-refractivity contribution is -0.119. The molecule has 90 valence electrons. The molecule has 0 saturated carbocycles. The highest BCUT2D eigenvalue weighted by Gasteiger charge is 2.15. The molecule has 0 aliphatic heterocycles. The molecule has 0 bridgehead atoms. The highest BCUT2D eigenvalue weighted by Crippen LogP contribution is 2.22. The summed E-state index contributed by atoms with van der Waals surface area (Å²) in [6.07, 6.45) is 1.73. The van der Waals surface area contributed by atoms with E-state index in [1.54, 1.807) is 11.8 Å². The van der Waals surface area contributed by atoms with Gasteiger partial charge in [0.15, 0.2) is 0 Å². The van der Waals surface area contributed by atoms with E-state index in [4.69, 9.17) is 4.74 Å². The van der Waals surface area contributed by atoms with Crippen LogP contribution in [0.4, 0.5) is 0 Å². The molecule has 1 aromatic heterocycles. The molecule has 0 aromatic carbocycles. The smallest absolute Gasteiger partial charge is 0.141 e. The first-order valence-electron chi connectivity index (χ1n) is 5.31. The molecule has 16 heavy (non-hydrogen) atoms. The summed E-state index contributed by atoms with van der Waals surface area (Å²) < 4.78 is 7.61. The summed E-state index contributed by atoms with van der Waals surface area (Å²) >= 11 is 3.49. The molecule has 0 amide bonds. The Kier molecular flexibility index (Phi) is 5.15. The third-order valence-electron chi connectivity index (χ3n) is 2.45. The maximum atomic E-state index is 11.6. The van der Waals surface area contributed by atoms with Crippen LogP contribution in [-0.2, 0) is 29.4 Å². The summed E-state index contributed by atoms with van der Waals surface area (Å²) in [4.78, 5) is 11.6. The molecule has 0 fully saturated rings. The summed E-state index contributed by atoms with van der Waals surface area (Å²) in [7, 11) is 3.46. The van der Waals surface area contributed by atoms with Crippen LogP contribution in [0.1, 0.15) is 24.7 Å². The van der Waals surface area contributed by atoms with E-state index in [1.165, 1.54) is 0 Å².